The van der Waals surface area contributed by atoms with Crippen LogP contribution in [0.15, 0.2) is 0 Å². The van der Waals surface area contributed by atoms with E-state index in [2.05, 4.69) is 15.2 Å². The molecule has 17 heavy (non-hydrogen) atoms. The van der Waals surface area contributed by atoms with Crippen molar-refractivity contribution >= 4 is 5.91 Å². The maximum absolute atomic E-state index is 12.8. The SMILES string of the molecule is CC(C)c1nc(C(=O)NCC(F)(F)CN)n[nH]1. The molecule has 0 unspecified atom stereocenters. The second-order valence-electron chi connectivity index (χ2n) is 3.94. The number of H-pyrrole nitrogens is 1. The first-order valence-corrected chi connectivity index (χ1v) is 5.14. The molecular weight excluding hydrogens is 232 g/mol. The summed E-state index contributed by atoms with van der Waals surface area (Å²) in [6.45, 7) is 2.09. The molecule has 0 atom stereocenters. The lowest BCUT2D eigenvalue weighted by molar-refractivity contribution is 0.0117. The van der Waals surface area contributed by atoms with Crippen LogP contribution in [0.3, 0.4) is 0 Å². The van der Waals surface area contributed by atoms with E-state index in [4.69, 9.17) is 5.73 Å². The summed E-state index contributed by atoms with van der Waals surface area (Å²) in [6.07, 6.45) is 0. The first-order valence-electron chi connectivity index (χ1n) is 5.14. The highest BCUT2D eigenvalue weighted by Crippen LogP contribution is 2.10. The zero-order valence-corrected chi connectivity index (χ0v) is 9.63. The molecule has 1 aromatic heterocycles. The molecule has 0 aromatic carbocycles. The first kappa shape index (κ1) is 13.5. The minimum atomic E-state index is -3.12. The molecule has 1 aromatic rings. The van der Waals surface area contributed by atoms with Crippen molar-refractivity contribution in [1.82, 2.24) is 20.5 Å². The zero-order chi connectivity index (χ0) is 13.1. The smallest absolute Gasteiger partial charge is 0.291 e. The Morgan fingerprint density at radius 1 is 1.59 bits per heavy atom. The fourth-order valence-electron chi connectivity index (χ4n) is 0.995. The predicted octanol–water partition coefficient (Wildman–Crippen LogP) is 0.252. The molecule has 0 fully saturated rings. The van der Waals surface area contributed by atoms with Crippen molar-refractivity contribution in [1.29, 1.82) is 0 Å². The summed E-state index contributed by atoms with van der Waals surface area (Å²) in [7, 11) is 0. The number of halogens is 2. The van der Waals surface area contributed by atoms with Crippen LogP contribution >= 0.6 is 0 Å². The molecule has 6 nitrogen and oxygen atoms in total. The van der Waals surface area contributed by atoms with Gasteiger partial charge >= 0.3 is 0 Å². The number of aromatic amines is 1. The molecule has 0 spiro atoms. The van der Waals surface area contributed by atoms with E-state index < -0.39 is 24.9 Å². The zero-order valence-electron chi connectivity index (χ0n) is 9.63. The van der Waals surface area contributed by atoms with Gasteiger partial charge in [0.15, 0.2) is 0 Å². The van der Waals surface area contributed by atoms with Gasteiger partial charge in [-0.3, -0.25) is 9.89 Å². The molecule has 0 saturated heterocycles. The summed E-state index contributed by atoms with van der Waals surface area (Å²) in [4.78, 5) is 15.3. The van der Waals surface area contributed by atoms with E-state index in [0.717, 1.165) is 0 Å². The number of amides is 1. The number of hydrogen-bond donors (Lipinski definition) is 3. The fraction of sp³-hybridized carbons (Fsp3) is 0.667. The van der Waals surface area contributed by atoms with Crippen LogP contribution in [-0.4, -0.2) is 40.1 Å². The van der Waals surface area contributed by atoms with E-state index >= 15 is 0 Å². The second kappa shape index (κ2) is 5.17. The molecule has 0 aliphatic carbocycles. The Hall–Kier alpha value is -1.57. The average Bonchev–Trinajstić information content (AvgIpc) is 2.75. The standard InChI is InChI=1S/C9H15F2N5O/c1-5(2)6-14-7(16-15-6)8(17)13-4-9(10,11)3-12/h5H,3-4,12H2,1-2H3,(H,13,17)(H,14,15,16). The number of nitrogens with one attached hydrogen (secondary N) is 2. The number of aromatic nitrogens is 3. The molecule has 1 heterocycles. The van der Waals surface area contributed by atoms with E-state index in [9.17, 15) is 13.6 Å². The van der Waals surface area contributed by atoms with E-state index in [1.165, 1.54) is 0 Å². The lowest BCUT2D eigenvalue weighted by atomic mass is 10.2. The Kier molecular flexibility index (Phi) is 4.11. The molecule has 8 heteroatoms. The van der Waals surface area contributed by atoms with Gasteiger partial charge < -0.3 is 11.1 Å². The number of alkyl halides is 2. The average molecular weight is 247 g/mol. The Morgan fingerprint density at radius 3 is 2.71 bits per heavy atom. The van der Waals surface area contributed by atoms with Crippen LogP contribution in [-0.2, 0) is 0 Å². The molecular formula is C9H15F2N5O. The third-order valence-corrected chi connectivity index (χ3v) is 2.06. The highest BCUT2D eigenvalue weighted by atomic mass is 19.3. The Bertz CT molecular complexity index is 390. The molecule has 0 aliphatic rings. The molecule has 1 amide bonds. The largest absolute Gasteiger partial charge is 0.343 e. The molecule has 1 rings (SSSR count). The lowest BCUT2D eigenvalue weighted by Gasteiger charge is -2.13. The molecule has 0 aliphatic heterocycles. The van der Waals surface area contributed by atoms with Crippen LogP contribution in [0.25, 0.3) is 0 Å². The number of rotatable bonds is 5. The number of hydrogen-bond acceptors (Lipinski definition) is 4. The van der Waals surface area contributed by atoms with Gasteiger partial charge in [-0.15, -0.1) is 5.10 Å². The van der Waals surface area contributed by atoms with E-state index in [1.807, 2.05) is 19.2 Å². The van der Waals surface area contributed by atoms with Gasteiger partial charge in [-0.05, 0) is 0 Å². The van der Waals surface area contributed by atoms with Crippen molar-refractivity contribution in [2.75, 3.05) is 13.1 Å². The molecule has 96 valence electrons. The van der Waals surface area contributed by atoms with Crippen molar-refractivity contribution in [2.45, 2.75) is 25.7 Å². The molecule has 0 bridgehead atoms. The van der Waals surface area contributed by atoms with Crippen LogP contribution in [0.2, 0.25) is 0 Å². The quantitative estimate of drug-likeness (QED) is 0.695. The maximum Gasteiger partial charge on any atom is 0.291 e. The van der Waals surface area contributed by atoms with Gasteiger partial charge in [0.25, 0.3) is 11.8 Å². The van der Waals surface area contributed by atoms with E-state index in [-0.39, 0.29) is 11.7 Å². The van der Waals surface area contributed by atoms with Gasteiger partial charge in [0.2, 0.25) is 5.82 Å². The van der Waals surface area contributed by atoms with Crippen molar-refractivity contribution in [3.05, 3.63) is 11.6 Å². The second-order valence-corrected chi connectivity index (χ2v) is 3.94. The molecule has 0 saturated carbocycles. The monoisotopic (exact) mass is 247 g/mol. The molecule has 4 N–H and O–H groups in total. The van der Waals surface area contributed by atoms with Gasteiger partial charge in [-0.25, -0.2) is 13.8 Å². The van der Waals surface area contributed by atoms with Gasteiger partial charge in [0.05, 0.1) is 13.1 Å². The summed E-state index contributed by atoms with van der Waals surface area (Å²) >= 11 is 0. The van der Waals surface area contributed by atoms with Crippen molar-refractivity contribution in [3.63, 3.8) is 0 Å². The lowest BCUT2D eigenvalue weighted by Crippen LogP contribution is -2.41. The number of nitrogens with two attached hydrogens (primary N) is 1. The van der Waals surface area contributed by atoms with E-state index in [1.54, 1.807) is 0 Å². The van der Waals surface area contributed by atoms with Crippen molar-refractivity contribution < 1.29 is 13.6 Å². The van der Waals surface area contributed by atoms with Crippen LogP contribution in [0.1, 0.15) is 36.2 Å². The predicted molar refractivity (Wildman–Crippen MR) is 56.8 cm³/mol. The first-order chi connectivity index (χ1) is 7.85. The van der Waals surface area contributed by atoms with Crippen LogP contribution in [0.5, 0.6) is 0 Å². The summed E-state index contributed by atoms with van der Waals surface area (Å²) in [6, 6.07) is 0. The van der Waals surface area contributed by atoms with Crippen LogP contribution < -0.4 is 11.1 Å². The van der Waals surface area contributed by atoms with Crippen LogP contribution in [0, 0.1) is 0 Å². The number of nitrogens with zero attached hydrogens (tertiary/aromatic N) is 2. The minimum Gasteiger partial charge on any atom is -0.343 e. The highest BCUT2D eigenvalue weighted by molar-refractivity contribution is 5.90. The molecule has 0 radical (unpaired) electrons. The number of carbonyl (C=O) groups is 1. The Balaban J connectivity index is 2.58. The highest BCUT2D eigenvalue weighted by Gasteiger charge is 2.28. The summed E-state index contributed by atoms with van der Waals surface area (Å²) in [5, 5.41) is 8.23. The van der Waals surface area contributed by atoms with Crippen molar-refractivity contribution in [2.24, 2.45) is 5.73 Å². The summed E-state index contributed by atoms with van der Waals surface area (Å²) in [5.74, 6) is -3.41. The number of carbonyl (C=O) groups excluding carboxylic acids is 1. The topological polar surface area (TPSA) is 96.7 Å². The third-order valence-electron chi connectivity index (χ3n) is 2.06. The Labute approximate surface area is 97.0 Å². The fourth-order valence-corrected chi connectivity index (χ4v) is 0.995. The maximum atomic E-state index is 12.8. The van der Waals surface area contributed by atoms with Gasteiger partial charge in [-0.1, -0.05) is 13.8 Å². The summed E-state index contributed by atoms with van der Waals surface area (Å²) < 4.78 is 25.5. The Morgan fingerprint density at radius 2 is 2.24 bits per heavy atom. The third kappa shape index (κ3) is 3.74. The minimum absolute atomic E-state index is 0.0783. The van der Waals surface area contributed by atoms with Gasteiger partial charge in [0, 0.05) is 5.92 Å². The summed E-state index contributed by atoms with van der Waals surface area (Å²) in [5.41, 5.74) is 4.84. The van der Waals surface area contributed by atoms with Gasteiger partial charge in [-0.2, -0.15) is 0 Å². The van der Waals surface area contributed by atoms with Gasteiger partial charge in [0.1, 0.15) is 5.82 Å². The van der Waals surface area contributed by atoms with E-state index in [0.29, 0.717) is 5.82 Å². The van der Waals surface area contributed by atoms with Crippen LogP contribution in [0.4, 0.5) is 8.78 Å². The van der Waals surface area contributed by atoms with Crippen molar-refractivity contribution in [3.8, 4) is 0 Å². The normalized spacial score (nSPS) is 11.9.